The third-order valence-electron chi connectivity index (χ3n) is 5.20. The summed E-state index contributed by atoms with van der Waals surface area (Å²) in [4.78, 5) is 15.4. The van der Waals surface area contributed by atoms with Crippen LogP contribution in [-0.2, 0) is 9.53 Å². The fourth-order valence-electron chi connectivity index (χ4n) is 3.76. The lowest BCUT2D eigenvalue weighted by atomic mass is 9.78. The third-order valence-corrected chi connectivity index (χ3v) is 5.20. The predicted molar refractivity (Wildman–Crippen MR) is 92.5 cm³/mol. The van der Waals surface area contributed by atoms with Crippen LogP contribution >= 0.6 is 0 Å². The Balaban J connectivity index is 1.88. The van der Waals surface area contributed by atoms with Crippen LogP contribution in [-0.4, -0.2) is 42.8 Å². The van der Waals surface area contributed by atoms with Gasteiger partial charge in [-0.1, -0.05) is 26.0 Å². The maximum Gasteiger partial charge on any atom is 0.235 e. The van der Waals surface area contributed by atoms with Crippen molar-refractivity contribution in [1.82, 2.24) is 4.90 Å². The normalized spacial score (nSPS) is 29.5. The summed E-state index contributed by atoms with van der Waals surface area (Å²) in [5.74, 6) is 0.0801. The average molecular weight is 317 g/mol. The highest BCUT2D eigenvalue weighted by Gasteiger charge is 2.54. The molecular formula is C18H27N3O2. The first kappa shape index (κ1) is 16.3. The van der Waals surface area contributed by atoms with Gasteiger partial charge >= 0.3 is 0 Å². The minimum atomic E-state index is -0.513. The Morgan fingerprint density at radius 2 is 1.96 bits per heavy atom. The lowest BCUT2D eigenvalue weighted by Crippen LogP contribution is -2.46. The molecule has 0 radical (unpaired) electrons. The summed E-state index contributed by atoms with van der Waals surface area (Å²) in [6.45, 7) is 9.28. The van der Waals surface area contributed by atoms with Gasteiger partial charge in [-0.05, 0) is 51.5 Å². The molecule has 3 atom stereocenters. The van der Waals surface area contributed by atoms with E-state index in [1.165, 1.54) is 0 Å². The molecule has 1 saturated heterocycles. The van der Waals surface area contributed by atoms with Crippen molar-refractivity contribution in [2.24, 2.45) is 5.41 Å². The van der Waals surface area contributed by atoms with Gasteiger partial charge in [0.25, 0.3) is 0 Å². The SMILES string of the molecule is CCN(CC)CCC12CC(C)OC1Nc1ccccc1NC2=O. The van der Waals surface area contributed by atoms with Crippen molar-refractivity contribution in [3.05, 3.63) is 24.3 Å². The molecular weight excluding hydrogens is 290 g/mol. The van der Waals surface area contributed by atoms with E-state index in [1.54, 1.807) is 0 Å². The van der Waals surface area contributed by atoms with Gasteiger partial charge in [0.05, 0.1) is 22.9 Å². The average Bonchev–Trinajstić information content (AvgIpc) is 2.81. The highest BCUT2D eigenvalue weighted by molar-refractivity contribution is 6.00. The fraction of sp³-hybridized carbons (Fsp3) is 0.611. The quantitative estimate of drug-likeness (QED) is 0.877. The number of nitrogens with one attached hydrogen (secondary N) is 2. The molecule has 1 aromatic carbocycles. The summed E-state index contributed by atoms with van der Waals surface area (Å²) >= 11 is 0. The summed E-state index contributed by atoms with van der Waals surface area (Å²) in [5.41, 5.74) is 1.26. The van der Waals surface area contributed by atoms with E-state index in [1.807, 2.05) is 24.3 Å². The molecule has 1 fully saturated rings. The van der Waals surface area contributed by atoms with Gasteiger partial charge in [-0.15, -0.1) is 0 Å². The number of para-hydroxylation sites is 2. The number of anilines is 2. The van der Waals surface area contributed by atoms with Gasteiger partial charge in [0.2, 0.25) is 5.91 Å². The molecule has 1 aromatic rings. The molecule has 0 aromatic heterocycles. The van der Waals surface area contributed by atoms with Gasteiger partial charge in [0.1, 0.15) is 6.23 Å². The number of benzene rings is 1. The van der Waals surface area contributed by atoms with E-state index in [0.29, 0.717) is 0 Å². The summed E-state index contributed by atoms with van der Waals surface area (Å²) in [6.07, 6.45) is 1.37. The van der Waals surface area contributed by atoms with Crippen molar-refractivity contribution in [3.8, 4) is 0 Å². The molecule has 126 valence electrons. The van der Waals surface area contributed by atoms with E-state index in [9.17, 15) is 4.79 Å². The first-order chi connectivity index (χ1) is 11.1. The van der Waals surface area contributed by atoms with Crippen LogP contribution in [0.3, 0.4) is 0 Å². The number of rotatable bonds is 5. The molecule has 0 bridgehead atoms. The van der Waals surface area contributed by atoms with Crippen LogP contribution in [0.25, 0.3) is 0 Å². The minimum absolute atomic E-state index is 0.0801. The molecule has 3 rings (SSSR count). The van der Waals surface area contributed by atoms with Crippen molar-refractivity contribution in [1.29, 1.82) is 0 Å². The van der Waals surface area contributed by atoms with Crippen molar-refractivity contribution >= 4 is 17.3 Å². The van der Waals surface area contributed by atoms with Gasteiger partial charge in [0, 0.05) is 0 Å². The zero-order valence-corrected chi connectivity index (χ0v) is 14.3. The van der Waals surface area contributed by atoms with E-state index in [2.05, 4.69) is 36.3 Å². The van der Waals surface area contributed by atoms with E-state index < -0.39 is 5.41 Å². The Morgan fingerprint density at radius 1 is 1.26 bits per heavy atom. The molecule has 0 aliphatic carbocycles. The predicted octanol–water partition coefficient (Wildman–Crippen LogP) is 2.90. The molecule has 2 N–H and O–H groups in total. The van der Waals surface area contributed by atoms with Gasteiger partial charge in [-0.3, -0.25) is 4.79 Å². The van der Waals surface area contributed by atoms with Crippen LogP contribution in [0.4, 0.5) is 11.4 Å². The topological polar surface area (TPSA) is 53.6 Å². The monoisotopic (exact) mass is 317 g/mol. The molecule has 2 heterocycles. The van der Waals surface area contributed by atoms with Crippen LogP contribution in [0.2, 0.25) is 0 Å². The van der Waals surface area contributed by atoms with Crippen molar-refractivity contribution in [2.45, 2.75) is 45.9 Å². The number of carbonyl (C=O) groups is 1. The summed E-state index contributed by atoms with van der Waals surface area (Å²) in [5, 5.41) is 6.57. The Bertz CT molecular complexity index is 573. The number of hydrogen-bond donors (Lipinski definition) is 2. The smallest absolute Gasteiger partial charge is 0.235 e. The molecule has 3 unspecified atom stereocenters. The van der Waals surface area contributed by atoms with Crippen molar-refractivity contribution in [3.63, 3.8) is 0 Å². The van der Waals surface area contributed by atoms with Crippen molar-refractivity contribution < 1.29 is 9.53 Å². The molecule has 5 heteroatoms. The molecule has 0 spiro atoms. The molecule has 1 amide bonds. The molecule has 2 aliphatic heterocycles. The highest BCUT2D eigenvalue weighted by atomic mass is 16.5. The molecule has 5 nitrogen and oxygen atoms in total. The van der Waals surface area contributed by atoms with Crippen LogP contribution < -0.4 is 10.6 Å². The largest absolute Gasteiger partial charge is 0.358 e. The number of carbonyl (C=O) groups excluding carboxylic acids is 1. The number of fused-ring (bicyclic) bond motifs is 2. The summed E-state index contributed by atoms with van der Waals surface area (Å²) in [6, 6.07) is 7.83. The number of hydrogen-bond acceptors (Lipinski definition) is 4. The van der Waals surface area contributed by atoms with E-state index >= 15 is 0 Å². The summed E-state index contributed by atoms with van der Waals surface area (Å²) < 4.78 is 6.08. The lowest BCUT2D eigenvalue weighted by molar-refractivity contribution is -0.128. The second-order valence-corrected chi connectivity index (χ2v) is 6.61. The van der Waals surface area contributed by atoms with Crippen LogP contribution in [0.1, 0.15) is 33.6 Å². The molecule has 23 heavy (non-hydrogen) atoms. The van der Waals surface area contributed by atoms with Crippen molar-refractivity contribution in [2.75, 3.05) is 30.3 Å². The second-order valence-electron chi connectivity index (χ2n) is 6.61. The van der Waals surface area contributed by atoms with Gasteiger partial charge in [-0.2, -0.15) is 0 Å². The maximum atomic E-state index is 13.1. The number of nitrogens with zero attached hydrogens (tertiary/aromatic N) is 1. The lowest BCUT2D eigenvalue weighted by Gasteiger charge is -2.32. The molecule has 0 saturated carbocycles. The van der Waals surface area contributed by atoms with Crippen LogP contribution in [0.5, 0.6) is 0 Å². The Morgan fingerprint density at radius 3 is 2.65 bits per heavy atom. The highest BCUT2D eigenvalue weighted by Crippen LogP contribution is 2.46. The van der Waals surface area contributed by atoms with E-state index in [-0.39, 0.29) is 18.2 Å². The third kappa shape index (κ3) is 2.95. The van der Waals surface area contributed by atoms with Gasteiger partial charge in [-0.25, -0.2) is 0 Å². The molecule has 2 aliphatic rings. The van der Waals surface area contributed by atoms with Crippen LogP contribution in [0.15, 0.2) is 24.3 Å². The first-order valence-corrected chi connectivity index (χ1v) is 8.64. The van der Waals surface area contributed by atoms with Gasteiger partial charge in [0.15, 0.2) is 0 Å². The Kier molecular flexibility index (Phi) is 4.60. The zero-order chi connectivity index (χ0) is 16.4. The van der Waals surface area contributed by atoms with Gasteiger partial charge < -0.3 is 20.3 Å². The maximum absolute atomic E-state index is 13.1. The number of amides is 1. The Hall–Kier alpha value is -1.59. The zero-order valence-electron chi connectivity index (χ0n) is 14.3. The van der Waals surface area contributed by atoms with E-state index in [0.717, 1.165) is 43.9 Å². The first-order valence-electron chi connectivity index (χ1n) is 8.64. The van der Waals surface area contributed by atoms with E-state index in [4.69, 9.17) is 4.74 Å². The van der Waals surface area contributed by atoms with Crippen LogP contribution in [0, 0.1) is 5.41 Å². The minimum Gasteiger partial charge on any atom is -0.358 e. The summed E-state index contributed by atoms with van der Waals surface area (Å²) in [7, 11) is 0. The standard InChI is InChI=1S/C18H27N3O2/c1-4-21(5-2)11-10-18-12-13(3)23-17(18)20-15-9-7-6-8-14(15)19-16(18)22/h6-9,13,17,20H,4-5,10-12H2,1-3H3,(H,19,22). The fourth-order valence-corrected chi connectivity index (χ4v) is 3.76. The Labute approximate surface area is 138 Å². The number of ether oxygens (including phenoxy) is 1. The second kappa shape index (κ2) is 6.49.